The Bertz CT molecular complexity index is 471. The molecule has 1 atom stereocenters. The third-order valence-electron chi connectivity index (χ3n) is 2.91. The van der Waals surface area contributed by atoms with Gasteiger partial charge in [0, 0.05) is 6.04 Å². The molecule has 0 fully saturated rings. The van der Waals surface area contributed by atoms with E-state index < -0.39 is 9.84 Å². The summed E-state index contributed by atoms with van der Waals surface area (Å²) in [6, 6.07) is 6.65. The standard InChI is InChI=1S/C13H21NO3S/c1-3-11(14)6-5-9-18(15,16)13-8-4-7-12(10-13)17-2/h4,7-8,10-11H,3,5-6,9,14H2,1-2H3. The molecular formula is C13H21NO3S. The monoisotopic (exact) mass is 271 g/mol. The smallest absolute Gasteiger partial charge is 0.178 e. The van der Waals surface area contributed by atoms with Crippen LogP contribution in [0.1, 0.15) is 26.2 Å². The zero-order valence-corrected chi connectivity index (χ0v) is 11.7. The lowest BCUT2D eigenvalue weighted by atomic mass is 10.1. The largest absolute Gasteiger partial charge is 0.497 e. The molecule has 18 heavy (non-hydrogen) atoms. The van der Waals surface area contributed by atoms with Gasteiger partial charge in [-0.25, -0.2) is 8.42 Å². The minimum Gasteiger partial charge on any atom is -0.497 e. The predicted octanol–water partition coefficient (Wildman–Crippen LogP) is 1.99. The lowest BCUT2D eigenvalue weighted by Gasteiger charge is -2.09. The van der Waals surface area contributed by atoms with Crippen LogP contribution in [0.25, 0.3) is 0 Å². The minimum atomic E-state index is -3.23. The zero-order chi connectivity index (χ0) is 13.6. The van der Waals surface area contributed by atoms with E-state index in [1.54, 1.807) is 24.3 Å². The number of nitrogens with two attached hydrogens (primary N) is 1. The van der Waals surface area contributed by atoms with E-state index >= 15 is 0 Å². The summed E-state index contributed by atoms with van der Waals surface area (Å²) in [4.78, 5) is 0.312. The first kappa shape index (κ1) is 15.0. The van der Waals surface area contributed by atoms with Gasteiger partial charge in [-0.05, 0) is 37.5 Å². The molecule has 0 heterocycles. The van der Waals surface area contributed by atoms with E-state index in [9.17, 15) is 8.42 Å². The lowest BCUT2D eigenvalue weighted by Crippen LogP contribution is -2.19. The number of sulfone groups is 1. The van der Waals surface area contributed by atoms with Crippen LogP contribution in [0.3, 0.4) is 0 Å². The topological polar surface area (TPSA) is 69.4 Å². The van der Waals surface area contributed by atoms with Gasteiger partial charge in [-0.3, -0.25) is 0 Å². The van der Waals surface area contributed by atoms with E-state index in [1.807, 2.05) is 6.92 Å². The zero-order valence-electron chi connectivity index (χ0n) is 10.9. The summed E-state index contributed by atoms with van der Waals surface area (Å²) in [5, 5.41) is 0. The number of ether oxygens (including phenoxy) is 1. The van der Waals surface area contributed by atoms with Gasteiger partial charge in [-0.2, -0.15) is 0 Å². The molecule has 0 bridgehead atoms. The Morgan fingerprint density at radius 2 is 2.11 bits per heavy atom. The van der Waals surface area contributed by atoms with Gasteiger partial charge in [-0.1, -0.05) is 13.0 Å². The minimum absolute atomic E-state index is 0.0884. The molecular weight excluding hydrogens is 250 g/mol. The van der Waals surface area contributed by atoms with Crippen LogP contribution < -0.4 is 10.5 Å². The van der Waals surface area contributed by atoms with Crippen LogP contribution in [-0.2, 0) is 9.84 Å². The second kappa shape index (κ2) is 6.75. The third kappa shape index (κ3) is 4.31. The second-order valence-electron chi connectivity index (χ2n) is 4.31. The average Bonchev–Trinajstić information content (AvgIpc) is 2.38. The summed E-state index contributed by atoms with van der Waals surface area (Å²) < 4.78 is 29.2. The lowest BCUT2D eigenvalue weighted by molar-refractivity contribution is 0.413. The third-order valence-corrected chi connectivity index (χ3v) is 4.71. The predicted molar refractivity (Wildman–Crippen MR) is 72.5 cm³/mol. The van der Waals surface area contributed by atoms with Crippen molar-refractivity contribution in [3.05, 3.63) is 24.3 Å². The first-order chi connectivity index (χ1) is 8.49. The van der Waals surface area contributed by atoms with E-state index in [0.717, 1.165) is 12.8 Å². The molecule has 0 radical (unpaired) electrons. The number of rotatable bonds is 7. The van der Waals surface area contributed by atoms with E-state index in [-0.39, 0.29) is 11.8 Å². The Morgan fingerprint density at radius 3 is 2.72 bits per heavy atom. The van der Waals surface area contributed by atoms with Gasteiger partial charge in [0.2, 0.25) is 0 Å². The highest BCUT2D eigenvalue weighted by atomic mass is 32.2. The van der Waals surface area contributed by atoms with Crippen LogP contribution >= 0.6 is 0 Å². The van der Waals surface area contributed by atoms with Crippen LogP contribution in [0.5, 0.6) is 5.75 Å². The van der Waals surface area contributed by atoms with Gasteiger partial charge < -0.3 is 10.5 Å². The maximum absolute atomic E-state index is 12.1. The molecule has 0 aliphatic rings. The molecule has 0 aliphatic carbocycles. The fourth-order valence-electron chi connectivity index (χ4n) is 1.65. The van der Waals surface area contributed by atoms with Gasteiger partial charge in [-0.15, -0.1) is 0 Å². The molecule has 0 aromatic heterocycles. The molecule has 1 unspecified atom stereocenters. The Balaban J connectivity index is 2.68. The summed E-state index contributed by atoms with van der Waals surface area (Å²) in [5.74, 6) is 0.690. The molecule has 1 aromatic rings. The van der Waals surface area contributed by atoms with Gasteiger partial charge >= 0.3 is 0 Å². The summed E-state index contributed by atoms with van der Waals surface area (Å²) in [6.07, 6.45) is 2.20. The molecule has 0 saturated carbocycles. The van der Waals surface area contributed by atoms with Crippen molar-refractivity contribution in [3.63, 3.8) is 0 Å². The molecule has 0 saturated heterocycles. The van der Waals surface area contributed by atoms with Crippen molar-refractivity contribution < 1.29 is 13.2 Å². The Kier molecular flexibility index (Phi) is 5.62. The summed E-state index contributed by atoms with van der Waals surface area (Å²) in [6.45, 7) is 2.00. The van der Waals surface area contributed by atoms with Crippen molar-refractivity contribution >= 4 is 9.84 Å². The summed E-state index contributed by atoms with van der Waals surface area (Å²) >= 11 is 0. The van der Waals surface area contributed by atoms with Crippen molar-refractivity contribution in [1.29, 1.82) is 0 Å². The average molecular weight is 271 g/mol. The molecule has 1 rings (SSSR count). The maximum atomic E-state index is 12.1. The molecule has 4 nitrogen and oxygen atoms in total. The van der Waals surface area contributed by atoms with E-state index in [1.165, 1.54) is 7.11 Å². The normalized spacial score (nSPS) is 13.3. The van der Waals surface area contributed by atoms with Crippen LogP contribution in [0.2, 0.25) is 0 Å². The first-order valence-corrected chi connectivity index (χ1v) is 7.77. The molecule has 2 N–H and O–H groups in total. The van der Waals surface area contributed by atoms with Crippen molar-refractivity contribution in [2.75, 3.05) is 12.9 Å². The summed E-state index contributed by atoms with van der Waals surface area (Å²) in [5.41, 5.74) is 5.77. The molecule has 0 aliphatic heterocycles. The van der Waals surface area contributed by atoms with Crippen LogP contribution in [0, 0.1) is 0 Å². The highest BCUT2D eigenvalue weighted by molar-refractivity contribution is 7.91. The molecule has 1 aromatic carbocycles. The van der Waals surface area contributed by atoms with Gasteiger partial charge in [0.25, 0.3) is 0 Å². The van der Waals surface area contributed by atoms with Crippen molar-refractivity contribution in [1.82, 2.24) is 0 Å². The number of hydrogen-bond acceptors (Lipinski definition) is 4. The van der Waals surface area contributed by atoms with Gasteiger partial charge in [0.05, 0.1) is 17.8 Å². The molecule has 0 spiro atoms. The highest BCUT2D eigenvalue weighted by Gasteiger charge is 2.15. The van der Waals surface area contributed by atoms with E-state index in [2.05, 4.69) is 0 Å². The summed E-state index contributed by atoms with van der Waals surface area (Å²) in [7, 11) is -1.71. The number of hydrogen-bond donors (Lipinski definition) is 1. The fourth-order valence-corrected chi connectivity index (χ4v) is 3.02. The van der Waals surface area contributed by atoms with Crippen LogP contribution in [-0.4, -0.2) is 27.3 Å². The quantitative estimate of drug-likeness (QED) is 0.823. The Morgan fingerprint density at radius 1 is 1.39 bits per heavy atom. The molecule has 5 heteroatoms. The van der Waals surface area contributed by atoms with Crippen LogP contribution in [0.15, 0.2) is 29.2 Å². The molecule has 0 amide bonds. The van der Waals surface area contributed by atoms with Gasteiger partial charge in [0.15, 0.2) is 9.84 Å². The first-order valence-electron chi connectivity index (χ1n) is 6.12. The van der Waals surface area contributed by atoms with E-state index in [4.69, 9.17) is 10.5 Å². The second-order valence-corrected chi connectivity index (χ2v) is 6.42. The Labute approximate surface area is 109 Å². The number of benzene rings is 1. The molecule has 102 valence electrons. The van der Waals surface area contributed by atoms with Crippen molar-refractivity contribution in [2.45, 2.75) is 37.1 Å². The van der Waals surface area contributed by atoms with Crippen molar-refractivity contribution in [3.8, 4) is 5.75 Å². The van der Waals surface area contributed by atoms with Crippen LogP contribution in [0.4, 0.5) is 0 Å². The fraction of sp³-hybridized carbons (Fsp3) is 0.538. The van der Waals surface area contributed by atoms with E-state index in [0.29, 0.717) is 17.1 Å². The maximum Gasteiger partial charge on any atom is 0.178 e. The van der Waals surface area contributed by atoms with Gasteiger partial charge in [0.1, 0.15) is 5.75 Å². The number of methoxy groups -OCH3 is 1. The highest BCUT2D eigenvalue weighted by Crippen LogP contribution is 2.19. The Hall–Kier alpha value is -1.07. The van der Waals surface area contributed by atoms with Crippen molar-refractivity contribution in [2.24, 2.45) is 5.73 Å². The SMILES string of the molecule is CCC(N)CCCS(=O)(=O)c1cccc(OC)c1.